The summed E-state index contributed by atoms with van der Waals surface area (Å²) in [5.74, 6) is 1.42. The second-order valence-electron chi connectivity index (χ2n) is 5.21. The van der Waals surface area contributed by atoms with Gasteiger partial charge in [-0.15, -0.1) is 0 Å². The van der Waals surface area contributed by atoms with Crippen LogP contribution in [0.15, 0.2) is 54.6 Å². The van der Waals surface area contributed by atoms with Crippen LogP contribution in [-0.4, -0.2) is 0 Å². The lowest BCUT2D eigenvalue weighted by atomic mass is 9.80. The van der Waals surface area contributed by atoms with Gasteiger partial charge in [-0.1, -0.05) is 54.6 Å². The molecule has 0 radical (unpaired) electrons. The van der Waals surface area contributed by atoms with Gasteiger partial charge in [0.2, 0.25) is 0 Å². The lowest BCUT2D eigenvalue weighted by Crippen LogP contribution is -2.08. The molecule has 0 heteroatoms. The molecule has 2 aromatic carbocycles. The predicted octanol–water partition coefficient (Wildman–Crippen LogP) is 4.45. The van der Waals surface area contributed by atoms with Crippen molar-refractivity contribution >= 4 is 0 Å². The van der Waals surface area contributed by atoms with E-state index in [4.69, 9.17) is 1.37 Å². The zero-order valence-corrected chi connectivity index (χ0v) is 9.71. The molecule has 0 saturated heterocycles. The van der Waals surface area contributed by atoms with Gasteiger partial charge in [-0.25, -0.2) is 0 Å². The molecule has 0 nitrogen and oxygen atoms in total. The quantitative estimate of drug-likeness (QED) is 0.667. The maximum absolute atomic E-state index is 8.55. The largest absolute Gasteiger partial charge is 0.0622 e. The fourth-order valence-electron chi connectivity index (χ4n) is 3.64. The number of hydrogen-bond acceptors (Lipinski definition) is 0. The first-order valence-electron chi connectivity index (χ1n) is 7.00. The molecule has 0 spiro atoms. The van der Waals surface area contributed by atoms with E-state index in [0.29, 0.717) is 17.8 Å². The molecule has 17 heavy (non-hydrogen) atoms. The summed E-state index contributed by atoms with van der Waals surface area (Å²) in [4.78, 5) is 0. The van der Waals surface area contributed by atoms with Gasteiger partial charge in [0.15, 0.2) is 0 Å². The number of benzene rings is 2. The summed E-state index contributed by atoms with van der Waals surface area (Å²) in [6.45, 7) is 0. The Kier molecular flexibility index (Phi) is 1.74. The van der Waals surface area contributed by atoms with Crippen LogP contribution in [0.4, 0.5) is 0 Å². The Balaban J connectivity index is 1.82. The molecule has 2 aliphatic rings. The molecule has 1 saturated carbocycles. The summed E-state index contributed by atoms with van der Waals surface area (Å²) in [7, 11) is 0. The Morgan fingerprint density at radius 2 is 1.53 bits per heavy atom. The average Bonchev–Trinajstić information content (AvgIpc) is 2.96. The Bertz CT molecular complexity index is 575. The van der Waals surface area contributed by atoms with Gasteiger partial charge in [-0.2, -0.15) is 0 Å². The molecule has 1 fully saturated rings. The Hall–Kier alpha value is -1.56. The van der Waals surface area contributed by atoms with E-state index in [1.54, 1.807) is 0 Å². The standard InChI is InChI=1S/C17H16/c1-2-6-12(7-3-1)16-10-13-11-17(16)15-9-5-4-8-14(13)15/h1-9,13,16-17H,10-11H2/t13-,16+,17+/m0/s1/i10D/t10-,13-,16+,17+. The molecular weight excluding hydrogens is 204 g/mol. The third-order valence-electron chi connectivity index (χ3n) is 4.36. The topological polar surface area (TPSA) is 0 Å². The van der Waals surface area contributed by atoms with Crippen molar-refractivity contribution < 1.29 is 1.37 Å². The highest BCUT2D eigenvalue weighted by Crippen LogP contribution is 2.59. The summed E-state index contributed by atoms with van der Waals surface area (Å²) in [5.41, 5.74) is 4.29. The summed E-state index contributed by atoms with van der Waals surface area (Å²) >= 11 is 0. The first-order valence-corrected chi connectivity index (χ1v) is 6.42. The molecule has 2 bridgehead atoms. The first kappa shape index (κ1) is 8.52. The van der Waals surface area contributed by atoms with Crippen LogP contribution >= 0.6 is 0 Å². The van der Waals surface area contributed by atoms with E-state index in [-0.39, 0.29) is 6.40 Å². The van der Waals surface area contributed by atoms with Crippen LogP contribution in [-0.2, 0) is 0 Å². The molecule has 0 heterocycles. The van der Waals surface area contributed by atoms with Crippen molar-refractivity contribution in [2.45, 2.75) is 30.6 Å². The van der Waals surface area contributed by atoms with Crippen molar-refractivity contribution in [1.82, 2.24) is 0 Å². The van der Waals surface area contributed by atoms with Crippen LogP contribution in [0, 0.1) is 0 Å². The van der Waals surface area contributed by atoms with Crippen LogP contribution in [0.25, 0.3) is 0 Å². The van der Waals surface area contributed by atoms with E-state index in [9.17, 15) is 0 Å². The maximum Gasteiger partial charge on any atom is 0.0279 e. The van der Waals surface area contributed by atoms with Gasteiger partial charge >= 0.3 is 0 Å². The Morgan fingerprint density at radius 1 is 0.824 bits per heavy atom. The zero-order valence-electron chi connectivity index (χ0n) is 10.7. The van der Waals surface area contributed by atoms with Crippen LogP contribution in [0.3, 0.4) is 0 Å². The number of rotatable bonds is 1. The van der Waals surface area contributed by atoms with Crippen molar-refractivity contribution in [1.29, 1.82) is 0 Å². The Morgan fingerprint density at radius 3 is 2.35 bits per heavy atom. The molecule has 0 amide bonds. The first-order chi connectivity index (χ1) is 8.86. The molecule has 0 aromatic heterocycles. The van der Waals surface area contributed by atoms with Crippen LogP contribution in [0.1, 0.15) is 48.6 Å². The van der Waals surface area contributed by atoms with Crippen molar-refractivity contribution in [2.75, 3.05) is 0 Å². The predicted molar refractivity (Wildman–Crippen MR) is 70.3 cm³/mol. The van der Waals surface area contributed by atoms with Crippen LogP contribution < -0.4 is 0 Å². The molecule has 2 aliphatic carbocycles. The van der Waals surface area contributed by atoms with E-state index in [0.717, 1.165) is 0 Å². The van der Waals surface area contributed by atoms with Gasteiger partial charge < -0.3 is 0 Å². The van der Waals surface area contributed by atoms with Crippen molar-refractivity contribution in [2.24, 2.45) is 0 Å². The fourth-order valence-corrected chi connectivity index (χ4v) is 3.64. The highest BCUT2D eigenvalue weighted by atomic mass is 14.5. The van der Waals surface area contributed by atoms with Crippen molar-refractivity contribution in [3.05, 3.63) is 71.3 Å². The fraction of sp³-hybridized carbons (Fsp3) is 0.294. The average molecular weight is 221 g/mol. The summed E-state index contributed by atoms with van der Waals surface area (Å²) in [6.07, 6.45) is 1.21. The molecule has 4 rings (SSSR count). The van der Waals surface area contributed by atoms with E-state index in [1.807, 2.05) is 0 Å². The summed E-state index contributed by atoms with van der Waals surface area (Å²) < 4.78 is 8.55. The molecule has 4 atom stereocenters. The molecule has 0 N–H and O–H groups in total. The molecule has 0 unspecified atom stereocenters. The lowest BCUT2D eigenvalue weighted by Gasteiger charge is -2.24. The third-order valence-corrected chi connectivity index (χ3v) is 4.36. The SMILES string of the molecule is [2H][C@@H]1[C@H](c2ccccc2)[C@@H]2C[C@H]1c1ccccc12. The smallest absolute Gasteiger partial charge is 0.0279 e. The van der Waals surface area contributed by atoms with Gasteiger partial charge in [0.1, 0.15) is 0 Å². The maximum atomic E-state index is 8.55. The third kappa shape index (κ3) is 1.30. The molecular formula is C17H16. The van der Waals surface area contributed by atoms with Crippen molar-refractivity contribution in [3.8, 4) is 0 Å². The van der Waals surface area contributed by atoms with E-state index >= 15 is 0 Å². The van der Waals surface area contributed by atoms with E-state index < -0.39 is 0 Å². The second-order valence-corrected chi connectivity index (χ2v) is 5.21. The van der Waals surface area contributed by atoms with Gasteiger partial charge in [0.25, 0.3) is 0 Å². The van der Waals surface area contributed by atoms with Crippen LogP contribution in [0.2, 0.25) is 0 Å². The van der Waals surface area contributed by atoms with Crippen LogP contribution in [0.5, 0.6) is 0 Å². The van der Waals surface area contributed by atoms with Crippen molar-refractivity contribution in [3.63, 3.8) is 0 Å². The zero-order chi connectivity index (χ0) is 12.1. The minimum Gasteiger partial charge on any atom is -0.0622 e. The Labute approximate surface area is 104 Å². The number of fused-ring (bicyclic) bond motifs is 5. The van der Waals surface area contributed by atoms with Gasteiger partial charge in [0.05, 0.1) is 0 Å². The summed E-state index contributed by atoms with van der Waals surface area (Å²) in [5, 5.41) is 0. The van der Waals surface area contributed by atoms with E-state index in [2.05, 4.69) is 54.6 Å². The molecule has 0 aliphatic heterocycles. The summed E-state index contributed by atoms with van der Waals surface area (Å²) in [6, 6.07) is 19.4. The molecule has 84 valence electrons. The molecule has 2 aromatic rings. The highest BCUT2D eigenvalue weighted by Gasteiger charge is 2.43. The van der Waals surface area contributed by atoms with E-state index in [1.165, 1.54) is 23.1 Å². The second kappa shape index (κ2) is 3.46. The highest BCUT2D eigenvalue weighted by molar-refractivity contribution is 5.45. The van der Waals surface area contributed by atoms with Gasteiger partial charge in [-0.3, -0.25) is 0 Å². The number of hydrogen-bond donors (Lipinski definition) is 0. The lowest BCUT2D eigenvalue weighted by molar-refractivity contribution is 0.605. The monoisotopic (exact) mass is 221 g/mol. The normalized spacial score (nSPS) is 34.5. The van der Waals surface area contributed by atoms with Gasteiger partial charge in [0, 0.05) is 1.37 Å². The minimum absolute atomic E-state index is 0.0345. The minimum atomic E-state index is 0.0345. The van der Waals surface area contributed by atoms with Gasteiger partial charge in [-0.05, 0) is 47.3 Å².